The Kier molecular flexibility index (Phi) is 7.39. The zero-order valence-electron chi connectivity index (χ0n) is 12.4. The van der Waals surface area contributed by atoms with E-state index in [9.17, 15) is 4.79 Å². The number of carbonyl (C=O) groups is 1. The van der Waals surface area contributed by atoms with Crippen molar-refractivity contribution in [3.05, 3.63) is 35.4 Å². The summed E-state index contributed by atoms with van der Waals surface area (Å²) in [5.41, 5.74) is 10.5. The molecule has 0 heterocycles. The Morgan fingerprint density at radius 3 is 2.62 bits per heavy atom. The van der Waals surface area contributed by atoms with E-state index in [2.05, 4.69) is 29.7 Å². The number of unbranched alkanes of at least 4 members (excludes halogenated alkanes) is 1. The van der Waals surface area contributed by atoms with Crippen LogP contribution in [0, 0.1) is 0 Å². The summed E-state index contributed by atoms with van der Waals surface area (Å²) in [5, 5.41) is 4.17. The van der Waals surface area contributed by atoms with E-state index < -0.39 is 0 Å². The predicted molar refractivity (Wildman–Crippen MR) is 88.1 cm³/mol. The number of thiocarbonyl (C=S) groups is 1. The van der Waals surface area contributed by atoms with Crippen LogP contribution in [0.4, 0.5) is 0 Å². The highest BCUT2D eigenvalue weighted by molar-refractivity contribution is 7.80. The van der Waals surface area contributed by atoms with E-state index in [0.29, 0.717) is 6.61 Å². The Morgan fingerprint density at radius 2 is 2.05 bits per heavy atom. The molecule has 0 aliphatic carbocycles. The molecule has 0 aliphatic heterocycles. The third-order valence-electron chi connectivity index (χ3n) is 2.81. The number of hydrogen-bond acceptors (Lipinski definition) is 4. The topological polar surface area (TPSA) is 76.7 Å². The second kappa shape index (κ2) is 9.07. The summed E-state index contributed by atoms with van der Waals surface area (Å²) < 4.78 is 5.13. The highest BCUT2D eigenvalue weighted by Crippen LogP contribution is 2.07. The second-order valence-corrected chi connectivity index (χ2v) is 5.06. The lowest BCUT2D eigenvalue weighted by molar-refractivity contribution is -0.142. The van der Waals surface area contributed by atoms with Crippen LogP contribution in [0.25, 0.3) is 0 Å². The van der Waals surface area contributed by atoms with Gasteiger partial charge in [-0.05, 0) is 36.7 Å². The minimum atomic E-state index is -0.197. The fraction of sp³-hybridized carbons (Fsp3) is 0.400. The number of hydrazone groups is 1. The highest BCUT2D eigenvalue weighted by Gasteiger charge is 2.05. The SMILES string of the molecule is CCCCOC(=O)Cc1ccc(/C(C)=N/NC(N)=S)cc1. The summed E-state index contributed by atoms with van der Waals surface area (Å²) in [7, 11) is 0. The van der Waals surface area contributed by atoms with Gasteiger partial charge in [-0.3, -0.25) is 10.2 Å². The smallest absolute Gasteiger partial charge is 0.310 e. The highest BCUT2D eigenvalue weighted by atomic mass is 32.1. The first-order chi connectivity index (χ1) is 10.0. The molecule has 0 aromatic heterocycles. The van der Waals surface area contributed by atoms with Crippen molar-refractivity contribution in [2.24, 2.45) is 10.8 Å². The summed E-state index contributed by atoms with van der Waals surface area (Å²) in [4.78, 5) is 11.6. The average molecular weight is 307 g/mol. The van der Waals surface area contributed by atoms with Crippen LogP contribution in [-0.2, 0) is 16.0 Å². The lowest BCUT2D eigenvalue weighted by Crippen LogP contribution is -2.25. The van der Waals surface area contributed by atoms with Crippen LogP contribution in [0.3, 0.4) is 0 Å². The largest absolute Gasteiger partial charge is 0.465 e. The molecular formula is C15H21N3O2S. The van der Waals surface area contributed by atoms with Gasteiger partial charge in [-0.2, -0.15) is 5.10 Å². The van der Waals surface area contributed by atoms with Crippen LogP contribution in [0.2, 0.25) is 0 Å². The third-order valence-corrected chi connectivity index (χ3v) is 2.91. The van der Waals surface area contributed by atoms with Gasteiger partial charge in [0.2, 0.25) is 0 Å². The summed E-state index contributed by atoms with van der Waals surface area (Å²) in [6.45, 7) is 4.39. The molecule has 0 radical (unpaired) electrons. The number of nitrogens with zero attached hydrogens (tertiary/aromatic N) is 1. The number of rotatable bonds is 7. The van der Waals surface area contributed by atoms with Crippen LogP contribution in [-0.4, -0.2) is 23.4 Å². The molecule has 0 saturated carbocycles. The van der Waals surface area contributed by atoms with Gasteiger partial charge in [0, 0.05) is 0 Å². The molecule has 1 aromatic rings. The maximum Gasteiger partial charge on any atom is 0.310 e. The van der Waals surface area contributed by atoms with Crippen LogP contribution >= 0.6 is 12.2 Å². The van der Waals surface area contributed by atoms with Gasteiger partial charge in [0.15, 0.2) is 5.11 Å². The molecule has 6 heteroatoms. The van der Waals surface area contributed by atoms with Gasteiger partial charge in [-0.15, -0.1) is 0 Å². The molecule has 0 saturated heterocycles. The van der Waals surface area contributed by atoms with Crippen molar-refractivity contribution in [3.8, 4) is 0 Å². The van der Waals surface area contributed by atoms with Crippen LogP contribution in [0.5, 0.6) is 0 Å². The first kappa shape index (κ1) is 17.1. The van der Waals surface area contributed by atoms with E-state index in [1.54, 1.807) is 0 Å². The van der Waals surface area contributed by atoms with Crippen molar-refractivity contribution in [1.82, 2.24) is 5.43 Å². The number of nitrogens with one attached hydrogen (secondary N) is 1. The van der Waals surface area contributed by atoms with Gasteiger partial charge in [-0.25, -0.2) is 0 Å². The molecule has 1 aromatic carbocycles. The molecule has 0 atom stereocenters. The van der Waals surface area contributed by atoms with Crippen molar-refractivity contribution < 1.29 is 9.53 Å². The molecule has 0 fully saturated rings. The Hall–Kier alpha value is -1.95. The van der Waals surface area contributed by atoms with Crippen LogP contribution in [0.15, 0.2) is 29.4 Å². The van der Waals surface area contributed by atoms with Crippen molar-refractivity contribution in [2.45, 2.75) is 33.1 Å². The minimum Gasteiger partial charge on any atom is -0.465 e. The van der Waals surface area contributed by atoms with E-state index in [1.165, 1.54) is 0 Å². The van der Waals surface area contributed by atoms with Gasteiger partial charge in [0.25, 0.3) is 0 Å². The number of ether oxygens (including phenoxy) is 1. The molecule has 3 N–H and O–H groups in total. The van der Waals surface area contributed by atoms with E-state index in [0.717, 1.165) is 29.7 Å². The van der Waals surface area contributed by atoms with Gasteiger partial charge >= 0.3 is 5.97 Å². The van der Waals surface area contributed by atoms with Gasteiger partial charge in [-0.1, -0.05) is 37.6 Å². The summed E-state index contributed by atoms with van der Waals surface area (Å²) in [6, 6.07) is 7.57. The summed E-state index contributed by atoms with van der Waals surface area (Å²) >= 11 is 4.68. The molecule has 1 rings (SSSR count). The molecule has 5 nitrogen and oxygen atoms in total. The van der Waals surface area contributed by atoms with E-state index in [4.69, 9.17) is 10.5 Å². The Labute approximate surface area is 130 Å². The standard InChI is InChI=1S/C15H21N3O2S/c1-3-4-9-20-14(19)10-12-5-7-13(8-6-12)11(2)17-18-15(16)21/h5-8H,3-4,9-10H2,1-2H3,(H3,16,18,21)/b17-11+. The number of benzene rings is 1. The summed E-state index contributed by atoms with van der Waals surface area (Å²) in [5.74, 6) is -0.197. The number of esters is 1. The normalized spacial score (nSPS) is 11.0. The first-order valence-corrected chi connectivity index (χ1v) is 7.28. The van der Waals surface area contributed by atoms with Gasteiger partial charge in [0.05, 0.1) is 18.7 Å². The van der Waals surface area contributed by atoms with Crippen LogP contribution < -0.4 is 11.2 Å². The minimum absolute atomic E-state index is 0.126. The maximum absolute atomic E-state index is 11.6. The fourth-order valence-corrected chi connectivity index (χ4v) is 1.66. The number of nitrogens with two attached hydrogens (primary N) is 1. The number of carbonyl (C=O) groups excluding carboxylic acids is 1. The van der Waals surface area contributed by atoms with Crippen molar-refractivity contribution in [2.75, 3.05) is 6.61 Å². The molecular weight excluding hydrogens is 286 g/mol. The second-order valence-electron chi connectivity index (χ2n) is 4.62. The lowest BCUT2D eigenvalue weighted by Gasteiger charge is -2.06. The zero-order chi connectivity index (χ0) is 15.7. The van der Waals surface area contributed by atoms with E-state index in [1.807, 2.05) is 31.2 Å². The molecule has 114 valence electrons. The molecule has 0 bridgehead atoms. The number of hydrogen-bond donors (Lipinski definition) is 2. The average Bonchev–Trinajstić information content (AvgIpc) is 2.45. The third kappa shape index (κ3) is 6.85. The van der Waals surface area contributed by atoms with E-state index in [-0.39, 0.29) is 17.5 Å². The Bertz CT molecular complexity index is 512. The molecule has 0 amide bonds. The van der Waals surface area contributed by atoms with E-state index >= 15 is 0 Å². The lowest BCUT2D eigenvalue weighted by atomic mass is 10.1. The molecule has 0 unspecified atom stereocenters. The van der Waals surface area contributed by atoms with Crippen molar-refractivity contribution in [3.63, 3.8) is 0 Å². The van der Waals surface area contributed by atoms with Gasteiger partial charge < -0.3 is 10.5 Å². The van der Waals surface area contributed by atoms with Crippen molar-refractivity contribution >= 4 is 29.0 Å². The summed E-state index contributed by atoms with van der Waals surface area (Å²) in [6.07, 6.45) is 2.20. The van der Waals surface area contributed by atoms with Gasteiger partial charge in [0.1, 0.15) is 0 Å². The molecule has 0 spiro atoms. The molecule has 21 heavy (non-hydrogen) atoms. The Morgan fingerprint density at radius 1 is 1.38 bits per heavy atom. The fourth-order valence-electron chi connectivity index (χ4n) is 1.62. The van der Waals surface area contributed by atoms with Crippen LogP contribution in [0.1, 0.15) is 37.8 Å². The quantitative estimate of drug-likeness (QED) is 0.265. The zero-order valence-corrected chi connectivity index (χ0v) is 13.2. The Balaban J connectivity index is 2.55. The first-order valence-electron chi connectivity index (χ1n) is 6.87. The predicted octanol–water partition coefficient (Wildman–Crippen LogP) is 2.13. The monoisotopic (exact) mass is 307 g/mol. The maximum atomic E-state index is 11.6. The van der Waals surface area contributed by atoms with Crippen molar-refractivity contribution in [1.29, 1.82) is 0 Å². The molecule has 0 aliphatic rings.